The summed E-state index contributed by atoms with van der Waals surface area (Å²) in [5.74, 6) is 0.655. The number of hydrogen-bond acceptors (Lipinski definition) is 5. The molecular formula is C22H23N3O2S. The zero-order chi connectivity index (χ0) is 19.5. The number of rotatable bonds is 6. The van der Waals surface area contributed by atoms with Gasteiger partial charge in [0.1, 0.15) is 5.75 Å². The SMILES string of the molecule is CCOc1ccccc1NC(=O)CN1CCc2cc(-c3csc(C)n3)ccc21. The monoisotopic (exact) mass is 393 g/mol. The summed E-state index contributed by atoms with van der Waals surface area (Å²) in [6.45, 7) is 5.68. The molecule has 1 aromatic heterocycles. The van der Waals surface area contributed by atoms with Crippen LogP contribution in [0.4, 0.5) is 11.4 Å². The first kappa shape index (κ1) is 18.5. The van der Waals surface area contributed by atoms with E-state index in [1.54, 1.807) is 11.3 Å². The van der Waals surface area contributed by atoms with Crippen molar-refractivity contribution in [1.29, 1.82) is 0 Å². The van der Waals surface area contributed by atoms with Gasteiger partial charge in [0.2, 0.25) is 5.91 Å². The lowest BCUT2D eigenvalue weighted by Crippen LogP contribution is -2.32. The molecule has 0 spiro atoms. The van der Waals surface area contributed by atoms with Crippen molar-refractivity contribution >= 4 is 28.6 Å². The summed E-state index contributed by atoms with van der Waals surface area (Å²) in [5, 5.41) is 6.14. The summed E-state index contributed by atoms with van der Waals surface area (Å²) < 4.78 is 5.59. The number of benzene rings is 2. The molecule has 4 rings (SSSR count). The number of thiazole rings is 1. The lowest BCUT2D eigenvalue weighted by Gasteiger charge is -2.19. The number of carbonyl (C=O) groups is 1. The molecule has 0 aliphatic carbocycles. The Bertz CT molecular complexity index is 999. The van der Waals surface area contributed by atoms with E-state index in [1.165, 1.54) is 5.56 Å². The summed E-state index contributed by atoms with van der Waals surface area (Å²) in [6, 6.07) is 13.9. The largest absolute Gasteiger partial charge is 0.492 e. The fourth-order valence-electron chi connectivity index (χ4n) is 3.50. The van der Waals surface area contributed by atoms with Crippen LogP contribution in [0.15, 0.2) is 47.8 Å². The Morgan fingerprint density at radius 2 is 2.14 bits per heavy atom. The Morgan fingerprint density at radius 3 is 2.93 bits per heavy atom. The van der Waals surface area contributed by atoms with Crippen molar-refractivity contribution in [3.63, 3.8) is 0 Å². The van der Waals surface area contributed by atoms with Crippen molar-refractivity contribution in [3.05, 3.63) is 58.4 Å². The molecule has 0 radical (unpaired) electrons. The fourth-order valence-corrected chi connectivity index (χ4v) is 4.13. The van der Waals surface area contributed by atoms with Crippen molar-refractivity contribution < 1.29 is 9.53 Å². The number of carbonyl (C=O) groups excluding carboxylic acids is 1. The Kier molecular flexibility index (Phi) is 5.30. The molecule has 0 saturated carbocycles. The number of aromatic nitrogens is 1. The quantitative estimate of drug-likeness (QED) is 0.669. The molecular weight excluding hydrogens is 370 g/mol. The lowest BCUT2D eigenvalue weighted by atomic mass is 10.1. The van der Waals surface area contributed by atoms with Crippen LogP contribution in [0.25, 0.3) is 11.3 Å². The Balaban J connectivity index is 1.46. The van der Waals surface area contributed by atoms with Gasteiger partial charge >= 0.3 is 0 Å². The van der Waals surface area contributed by atoms with Crippen LogP contribution in [0.2, 0.25) is 0 Å². The Hall–Kier alpha value is -2.86. The molecule has 1 amide bonds. The van der Waals surface area contributed by atoms with Crippen molar-refractivity contribution in [2.45, 2.75) is 20.3 Å². The number of anilines is 2. The predicted octanol–water partition coefficient (Wildman–Crippen LogP) is 4.52. The van der Waals surface area contributed by atoms with Crippen LogP contribution in [0.1, 0.15) is 17.5 Å². The van der Waals surface area contributed by atoms with Gasteiger partial charge in [-0.25, -0.2) is 4.98 Å². The molecule has 0 fully saturated rings. The van der Waals surface area contributed by atoms with E-state index in [9.17, 15) is 4.79 Å². The maximum absolute atomic E-state index is 12.6. The van der Waals surface area contributed by atoms with E-state index in [1.807, 2.05) is 38.1 Å². The molecule has 5 nitrogen and oxygen atoms in total. The Labute approximate surface area is 169 Å². The predicted molar refractivity (Wildman–Crippen MR) is 114 cm³/mol. The number of aryl methyl sites for hydroxylation is 1. The molecule has 1 aliphatic rings. The highest BCUT2D eigenvalue weighted by Crippen LogP contribution is 2.32. The minimum atomic E-state index is -0.0424. The van der Waals surface area contributed by atoms with E-state index in [0.717, 1.165) is 34.9 Å². The van der Waals surface area contributed by atoms with Crippen molar-refractivity contribution in [1.82, 2.24) is 4.98 Å². The van der Waals surface area contributed by atoms with Crippen LogP contribution in [-0.4, -0.2) is 30.6 Å². The summed E-state index contributed by atoms with van der Waals surface area (Å²) in [4.78, 5) is 19.3. The molecule has 28 heavy (non-hydrogen) atoms. The van der Waals surface area contributed by atoms with E-state index < -0.39 is 0 Å². The van der Waals surface area contributed by atoms with Crippen LogP contribution in [0, 0.1) is 6.92 Å². The average molecular weight is 394 g/mol. The molecule has 3 aromatic rings. The second-order valence-electron chi connectivity index (χ2n) is 6.74. The first-order valence-electron chi connectivity index (χ1n) is 9.46. The van der Waals surface area contributed by atoms with E-state index in [4.69, 9.17) is 4.74 Å². The second-order valence-corrected chi connectivity index (χ2v) is 7.81. The highest BCUT2D eigenvalue weighted by atomic mass is 32.1. The number of fused-ring (bicyclic) bond motifs is 1. The van der Waals surface area contributed by atoms with Crippen LogP contribution in [-0.2, 0) is 11.2 Å². The summed E-state index contributed by atoms with van der Waals surface area (Å²) in [7, 11) is 0. The molecule has 0 unspecified atom stereocenters. The van der Waals surface area contributed by atoms with Crippen LogP contribution < -0.4 is 15.0 Å². The number of hydrogen-bond donors (Lipinski definition) is 1. The first-order valence-corrected chi connectivity index (χ1v) is 10.3. The second kappa shape index (κ2) is 8.02. The van der Waals surface area contributed by atoms with Gasteiger partial charge in [0.05, 0.1) is 29.5 Å². The molecule has 144 valence electrons. The smallest absolute Gasteiger partial charge is 0.243 e. The summed E-state index contributed by atoms with van der Waals surface area (Å²) in [6.07, 6.45) is 0.940. The molecule has 0 bridgehead atoms. The number of para-hydroxylation sites is 2. The maximum Gasteiger partial charge on any atom is 0.243 e. The van der Waals surface area contributed by atoms with Gasteiger partial charge < -0.3 is 15.0 Å². The van der Waals surface area contributed by atoms with Gasteiger partial charge in [-0.15, -0.1) is 11.3 Å². The minimum absolute atomic E-state index is 0.0424. The molecule has 1 aliphatic heterocycles. The number of nitrogens with zero attached hydrogens (tertiary/aromatic N) is 2. The van der Waals surface area contributed by atoms with Crippen molar-refractivity contribution in [3.8, 4) is 17.0 Å². The van der Waals surface area contributed by atoms with E-state index >= 15 is 0 Å². The van der Waals surface area contributed by atoms with Crippen LogP contribution >= 0.6 is 11.3 Å². The van der Waals surface area contributed by atoms with Gasteiger partial charge in [0.25, 0.3) is 0 Å². The van der Waals surface area contributed by atoms with Gasteiger partial charge in [-0.2, -0.15) is 0 Å². The molecule has 0 saturated heterocycles. The van der Waals surface area contributed by atoms with E-state index in [0.29, 0.717) is 24.6 Å². The minimum Gasteiger partial charge on any atom is -0.492 e. The third-order valence-corrected chi connectivity index (χ3v) is 5.55. The van der Waals surface area contributed by atoms with Gasteiger partial charge in [0, 0.05) is 23.2 Å². The average Bonchev–Trinajstić information content (AvgIpc) is 3.29. The highest BCUT2D eigenvalue weighted by molar-refractivity contribution is 7.09. The van der Waals surface area contributed by atoms with E-state index in [-0.39, 0.29) is 5.91 Å². The Morgan fingerprint density at radius 1 is 1.29 bits per heavy atom. The molecule has 0 atom stereocenters. The highest BCUT2D eigenvalue weighted by Gasteiger charge is 2.22. The van der Waals surface area contributed by atoms with Gasteiger partial charge in [0.15, 0.2) is 0 Å². The van der Waals surface area contributed by atoms with Gasteiger partial charge in [-0.3, -0.25) is 4.79 Å². The third kappa shape index (κ3) is 3.87. The number of nitrogens with one attached hydrogen (secondary N) is 1. The van der Waals surface area contributed by atoms with E-state index in [2.05, 4.69) is 38.8 Å². The summed E-state index contributed by atoms with van der Waals surface area (Å²) in [5.41, 5.74) is 5.27. The number of ether oxygens (including phenoxy) is 1. The fraction of sp³-hybridized carbons (Fsp3) is 0.273. The first-order chi connectivity index (χ1) is 13.6. The van der Waals surface area contributed by atoms with Crippen LogP contribution in [0.3, 0.4) is 0 Å². The van der Waals surface area contributed by atoms with Gasteiger partial charge in [-0.1, -0.05) is 18.2 Å². The molecule has 2 heterocycles. The van der Waals surface area contributed by atoms with Crippen molar-refractivity contribution in [2.24, 2.45) is 0 Å². The number of amides is 1. The van der Waals surface area contributed by atoms with Crippen LogP contribution in [0.5, 0.6) is 5.75 Å². The third-order valence-electron chi connectivity index (χ3n) is 4.78. The summed E-state index contributed by atoms with van der Waals surface area (Å²) >= 11 is 1.66. The zero-order valence-electron chi connectivity index (χ0n) is 16.1. The normalized spacial score (nSPS) is 12.7. The molecule has 6 heteroatoms. The van der Waals surface area contributed by atoms with Crippen molar-refractivity contribution in [2.75, 3.05) is 29.9 Å². The zero-order valence-corrected chi connectivity index (χ0v) is 16.9. The molecule has 1 N–H and O–H groups in total. The maximum atomic E-state index is 12.6. The lowest BCUT2D eigenvalue weighted by molar-refractivity contribution is -0.115. The molecule has 2 aromatic carbocycles. The topological polar surface area (TPSA) is 54.5 Å². The van der Waals surface area contributed by atoms with Gasteiger partial charge in [-0.05, 0) is 50.1 Å². The standard InChI is InChI=1S/C22H23N3O2S/c1-3-27-21-7-5-4-6-18(21)24-22(26)13-25-11-10-17-12-16(8-9-20(17)25)19-14-28-15(2)23-19/h4-9,12,14H,3,10-11,13H2,1-2H3,(H,24,26).